The van der Waals surface area contributed by atoms with Crippen molar-refractivity contribution in [2.75, 3.05) is 0 Å². The van der Waals surface area contributed by atoms with Crippen LogP contribution in [0, 0.1) is 11.3 Å². The maximum absolute atomic E-state index is 11.3. The number of carboxylic acid groups (broad SMARTS) is 1. The van der Waals surface area contributed by atoms with Crippen molar-refractivity contribution >= 4 is 29.0 Å². The van der Waals surface area contributed by atoms with Crippen LogP contribution < -0.4 is 0 Å². The minimum atomic E-state index is -0.640. The Morgan fingerprint density at radius 2 is 1.56 bits per heavy atom. The van der Waals surface area contributed by atoms with Crippen molar-refractivity contribution in [2.24, 2.45) is 11.3 Å². The van der Waals surface area contributed by atoms with Crippen LogP contribution in [0.3, 0.4) is 0 Å². The average molecular weight is 269 g/mol. The van der Waals surface area contributed by atoms with Crippen LogP contribution in [-0.2, 0) is 4.79 Å². The molecule has 0 fully saturated rings. The standard InChI is InChI=1S/C15H30O2.Mg.2H/c1-5-6-7-8-9-10-11-12-15(4,13(2)3)14(16)17;;;/h13H,5-12H2,1-4H3,(H,16,17);;;/q;+2;2*-1. The minimum absolute atomic E-state index is 0. The van der Waals surface area contributed by atoms with Crippen molar-refractivity contribution in [1.82, 2.24) is 0 Å². The molecule has 0 spiro atoms. The number of carboxylic acids is 1. The molecule has 3 heteroatoms. The van der Waals surface area contributed by atoms with Gasteiger partial charge < -0.3 is 7.96 Å². The number of hydrogen-bond donors (Lipinski definition) is 1. The van der Waals surface area contributed by atoms with E-state index in [2.05, 4.69) is 6.92 Å². The van der Waals surface area contributed by atoms with Crippen LogP contribution in [0.2, 0.25) is 0 Å². The zero-order chi connectivity index (χ0) is 13.3. The second kappa shape index (κ2) is 11.1. The van der Waals surface area contributed by atoms with Crippen LogP contribution in [0.25, 0.3) is 0 Å². The van der Waals surface area contributed by atoms with Gasteiger partial charge in [-0.25, -0.2) is 0 Å². The van der Waals surface area contributed by atoms with Crippen molar-refractivity contribution in [3.8, 4) is 0 Å². The number of carbonyl (C=O) groups is 1. The molecule has 0 saturated carbocycles. The van der Waals surface area contributed by atoms with Gasteiger partial charge >= 0.3 is 29.0 Å². The molecule has 18 heavy (non-hydrogen) atoms. The molecule has 0 heterocycles. The summed E-state index contributed by atoms with van der Waals surface area (Å²) in [6.07, 6.45) is 9.55. The zero-order valence-corrected chi connectivity index (χ0v) is 14.2. The Morgan fingerprint density at radius 3 is 1.94 bits per heavy atom. The van der Waals surface area contributed by atoms with E-state index in [1.54, 1.807) is 0 Å². The molecule has 0 radical (unpaired) electrons. The summed E-state index contributed by atoms with van der Waals surface area (Å²) in [5.74, 6) is -0.432. The summed E-state index contributed by atoms with van der Waals surface area (Å²) in [5, 5.41) is 9.28. The van der Waals surface area contributed by atoms with Crippen molar-refractivity contribution in [1.29, 1.82) is 0 Å². The molecule has 0 aromatic carbocycles. The van der Waals surface area contributed by atoms with Crippen LogP contribution in [0.5, 0.6) is 0 Å². The summed E-state index contributed by atoms with van der Waals surface area (Å²) < 4.78 is 0. The molecule has 1 atom stereocenters. The van der Waals surface area contributed by atoms with Gasteiger partial charge in [-0.05, 0) is 19.3 Å². The van der Waals surface area contributed by atoms with Crippen LogP contribution in [0.4, 0.5) is 0 Å². The monoisotopic (exact) mass is 268 g/mol. The van der Waals surface area contributed by atoms with Gasteiger partial charge in [-0.2, -0.15) is 0 Å². The zero-order valence-electron chi connectivity index (χ0n) is 14.8. The summed E-state index contributed by atoms with van der Waals surface area (Å²) in [6, 6.07) is 0. The van der Waals surface area contributed by atoms with Gasteiger partial charge in [0.2, 0.25) is 0 Å². The molecule has 0 aliphatic rings. The van der Waals surface area contributed by atoms with E-state index >= 15 is 0 Å². The van der Waals surface area contributed by atoms with Gasteiger partial charge in [0.05, 0.1) is 5.41 Å². The predicted molar refractivity (Wildman–Crippen MR) is 81.2 cm³/mol. The van der Waals surface area contributed by atoms with E-state index < -0.39 is 11.4 Å². The van der Waals surface area contributed by atoms with Crippen LogP contribution in [-0.4, -0.2) is 34.1 Å². The Balaban J connectivity index is -0.000000427. The first kappa shape index (κ1) is 20.6. The van der Waals surface area contributed by atoms with Gasteiger partial charge in [0.15, 0.2) is 0 Å². The minimum Gasteiger partial charge on any atom is -1.00 e. The Kier molecular flexibility index (Phi) is 12.7. The third kappa shape index (κ3) is 7.62. The Bertz CT molecular complexity index is 226. The van der Waals surface area contributed by atoms with Gasteiger partial charge in [-0.15, -0.1) is 0 Å². The van der Waals surface area contributed by atoms with E-state index in [0.29, 0.717) is 0 Å². The van der Waals surface area contributed by atoms with Gasteiger partial charge in [-0.3, -0.25) is 4.79 Å². The fourth-order valence-corrected chi connectivity index (χ4v) is 2.09. The number of rotatable bonds is 10. The molecule has 0 aliphatic carbocycles. The smallest absolute Gasteiger partial charge is 1.00 e. The van der Waals surface area contributed by atoms with Crippen molar-refractivity contribution in [2.45, 2.75) is 79.1 Å². The molecule has 0 bridgehead atoms. The van der Waals surface area contributed by atoms with Crippen LogP contribution in [0.1, 0.15) is 81.9 Å². The summed E-state index contributed by atoms with van der Waals surface area (Å²) in [7, 11) is 0. The fourth-order valence-electron chi connectivity index (χ4n) is 2.09. The second-order valence-electron chi connectivity index (χ2n) is 5.75. The van der Waals surface area contributed by atoms with Crippen LogP contribution in [0.15, 0.2) is 0 Å². The molecule has 1 unspecified atom stereocenters. The SMILES string of the molecule is CCCCCCCCCC(C)(C(=O)O)C(C)C.[H-].[H-].[Mg+2]. The van der Waals surface area contributed by atoms with Crippen molar-refractivity contribution in [3.05, 3.63) is 0 Å². The normalized spacial score (nSPS) is 14.1. The second-order valence-corrected chi connectivity index (χ2v) is 5.75. The quantitative estimate of drug-likeness (QED) is 0.460. The summed E-state index contributed by atoms with van der Waals surface area (Å²) in [6.45, 7) is 8.13. The van der Waals surface area contributed by atoms with E-state index in [4.69, 9.17) is 0 Å². The molecule has 0 rings (SSSR count). The molecule has 1 N–H and O–H groups in total. The van der Waals surface area contributed by atoms with Gasteiger partial charge in [-0.1, -0.05) is 65.7 Å². The van der Waals surface area contributed by atoms with Crippen molar-refractivity contribution in [3.63, 3.8) is 0 Å². The molecular formula is C15H32MgO2. The largest absolute Gasteiger partial charge is 2.00 e. The first-order valence-electron chi connectivity index (χ1n) is 7.18. The first-order valence-corrected chi connectivity index (χ1v) is 7.18. The molecule has 106 valence electrons. The summed E-state index contributed by atoms with van der Waals surface area (Å²) in [4.78, 5) is 11.3. The number of unbranched alkanes of at least 4 members (excludes halogenated alkanes) is 6. The Labute approximate surface area is 132 Å². The average Bonchev–Trinajstić information content (AvgIpc) is 2.27. The molecule has 2 nitrogen and oxygen atoms in total. The van der Waals surface area contributed by atoms with Crippen molar-refractivity contribution < 1.29 is 12.8 Å². The van der Waals surface area contributed by atoms with E-state index in [9.17, 15) is 9.90 Å². The van der Waals surface area contributed by atoms with E-state index in [1.807, 2.05) is 20.8 Å². The molecule has 0 aromatic rings. The molecule has 0 amide bonds. The van der Waals surface area contributed by atoms with E-state index in [0.717, 1.165) is 12.8 Å². The third-order valence-electron chi connectivity index (χ3n) is 4.06. The first-order chi connectivity index (χ1) is 7.95. The maximum Gasteiger partial charge on any atom is 2.00 e. The molecular weight excluding hydrogens is 236 g/mol. The third-order valence-corrected chi connectivity index (χ3v) is 4.06. The number of aliphatic carboxylic acids is 1. The summed E-state index contributed by atoms with van der Waals surface area (Å²) >= 11 is 0. The maximum atomic E-state index is 11.3. The molecule has 0 aromatic heterocycles. The van der Waals surface area contributed by atoms with Gasteiger partial charge in [0.25, 0.3) is 0 Å². The summed E-state index contributed by atoms with van der Waals surface area (Å²) in [5.41, 5.74) is -0.538. The Morgan fingerprint density at radius 1 is 1.11 bits per heavy atom. The van der Waals surface area contributed by atoms with E-state index in [1.165, 1.54) is 38.5 Å². The van der Waals surface area contributed by atoms with E-state index in [-0.39, 0.29) is 31.8 Å². The topological polar surface area (TPSA) is 37.3 Å². The van der Waals surface area contributed by atoms with Gasteiger partial charge in [0.1, 0.15) is 0 Å². The van der Waals surface area contributed by atoms with Gasteiger partial charge in [0, 0.05) is 0 Å². The Hall–Kier alpha value is 0.236. The predicted octanol–water partition coefficient (Wildman–Crippen LogP) is 4.72. The fraction of sp³-hybridized carbons (Fsp3) is 0.933. The van der Waals surface area contributed by atoms with Crippen LogP contribution >= 0.6 is 0 Å². The number of hydrogen-bond acceptors (Lipinski definition) is 1. The molecule has 0 aliphatic heterocycles. The molecule has 0 saturated heterocycles.